The zero-order valence-electron chi connectivity index (χ0n) is 17.9. The molecule has 2 heterocycles. The maximum Gasteiger partial charge on any atom is 0.255 e. The molecule has 1 saturated heterocycles. The summed E-state index contributed by atoms with van der Waals surface area (Å²) in [5.41, 5.74) is 0.351. The summed E-state index contributed by atoms with van der Waals surface area (Å²) in [6, 6.07) is 0.102. The summed E-state index contributed by atoms with van der Waals surface area (Å²) in [5.74, 6) is -0.337. The van der Waals surface area contributed by atoms with Crippen molar-refractivity contribution in [2.75, 3.05) is 27.2 Å². The highest BCUT2D eigenvalue weighted by molar-refractivity contribution is 5.98. The summed E-state index contributed by atoms with van der Waals surface area (Å²) in [4.78, 5) is 39.8. The van der Waals surface area contributed by atoms with E-state index in [2.05, 4.69) is 24.5 Å². The van der Waals surface area contributed by atoms with Gasteiger partial charge < -0.3 is 24.7 Å². The molecular weight excluding hydrogens is 374 g/mol. The van der Waals surface area contributed by atoms with Gasteiger partial charge >= 0.3 is 0 Å². The molecule has 2 rings (SSSR count). The van der Waals surface area contributed by atoms with Crippen LogP contribution in [0.2, 0.25) is 0 Å². The summed E-state index contributed by atoms with van der Waals surface area (Å²) in [7, 11) is 3.89. The molecule has 3 unspecified atom stereocenters. The van der Waals surface area contributed by atoms with Crippen molar-refractivity contribution < 1.29 is 23.5 Å². The average molecular weight is 408 g/mol. The number of Topliss-reactive ketones (excluding diaryl/α,β-unsaturated/α-hetero) is 1. The van der Waals surface area contributed by atoms with Crippen LogP contribution in [0.4, 0.5) is 0 Å². The van der Waals surface area contributed by atoms with Crippen molar-refractivity contribution in [2.45, 2.75) is 51.8 Å². The monoisotopic (exact) mass is 407 g/mol. The zero-order valence-corrected chi connectivity index (χ0v) is 17.9. The number of amides is 2. The van der Waals surface area contributed by atoms with Gasteiger partial charge in [-0.2, -0.15) is 0 Å². The van der Waals surface area contributed by atoms with E-state index in [-0.39, 0.29) is 36.2 Å². The molecule has 0 aliphatic carbocycles. The molecule has 1 aliphatic heterocycles. The molecule has 1 aliphatic rings. The maximum atomic E-state index is 13.0. The largest absolute Gasteiger partial charge is 0.472 e. The quantitative estimate of drug-likeness (QED) is 0.609. The smallest absolute Gasteiger partial charge is 0.255 e. The van der Waals surface area contributed by atoms with Gasteiger partial charge in [0.15, 0.2) is 5.78 Å². The third-order valence-electron chi connectivity index (χ3n) is 5.47. The Bertz CT molecular complexity index is 686. The van der Waals surface area contributed by atoms with E-state index >= 15 is 0 Å². The summed E-state index contributed by atoms with van der Waals surface area (Å²) in [5, 5.41) is 5.61. The second-order valence-corrected chi connectivity index (χ2v) is 8.39. The van der Waals surface area contributed by atoms with Gasteiger partial charge in [0.2, 0.25) is 5.91 Å². The van der Waals surface area contributed by atoms with E-state index in [0.717, 1.165) is 6.54 Å². The number of carbonyl (C=O) groups is 3. The highest BCUT2D eigenvalue weighted by atomic mass is 16.5. The Hall–Kier alpha value is -2.19. The van der Waals surface area contributed by atoms with E-state index in [1.807, 2.05) is 25.9 Å². The first kappa shape index (κ1) is 23.1. The minimum Gasteiger partial charge on any atom is -0.472 e. The van der Waals surface area contributed by atoms with Crippen molar-refractivity contribution in [1.82, 2.24) is 15.5 Å². The molecule has 1 aromatic rings. The Morgan fingerprint density at radius 3 is 2.59 bits per heavy atom. The van der Waals surface area contributed by atoms with E-state index in [1.54, 1.807) is 6.07 Å². The highest BCUT2D eigenvalue weighted by Crippen LogP contribution is 2.19. The van der Waals surface area contributed by atoms with Gasteiger partial charge in [0.05, 0.1) is 17.9 Å². The third kappa shape index (κ3) is 6.68. The molecule has 1 aromatic heterocycles. The fourth-order valence-electron chi connectivity index (χ4n) is 3.16. The molecule has 0 radical (unpaired) electrons. The lowest BCUT2D eigenvalue weighted by Crippen LogP contribution is -2.54. The van der Waals surface area contributed by atoms with Crippen molar-refractivity contribution in [3.05, 3.63) is 24.2 Å². The van der Waals surface area contributed by atoms with Crippen molar-refractivity contribution >= 4 is 17.6 Å². The second-order valence-electron chi connectivity index (χ2n) is 8.39. The van der Waals surface area contributed by atoms with Crippen molar-refractivity contribution in [3.8, 4) is 0 Å². The van der Waals surface area contributed by atoms with Crippen LogP contribution in [0, 0.1) is 11.8 Å². The number of nitrogens with one attached hydrogen (secondary N) is 2. The number of hydrogen-bond donors (Lipinski definition) is 2. The molecule has 0 aromatic carbocycles. The lowest BCUT2D eigenvalue weighted by molar-refractivity contribution is -0.128. The van der Waals surface area contributed by atoms with Crippen LogP contribution in [0.5, 0.6) is 0 Å². The normalized spacial score (nSPS) is 21.4. The van der Waals surface area contributed by atoms with Gasteiger partial charge in [-0.05, 0) is 44.8 Å². The van der Waals surface area contributed by atoms with Crippen LogP contribution < -0.4 is 10.6 Å². The van der Waals surface area contributed by atoms with Crippen LogP contribution in [-0.2, 0) is 14.3 Å². The molecule has 0 spiro atoms. The van der Waals surface area contributed by atoms with Gasteiger partial charge in [0, 0.05) is 6.54 Å². The van der Waals surface area contributed by atoms with Gasteiger partial charge in [0.1, 0.15) is 25.0 Å². The Morgan fingerprint density at radius 2 is 2.00 bits per heavy atom. The summed E-state index contributed by atoms with van der Waals surface area (Å²) >= 11 is 0. The first-order chi connectivity index (χ1) is 13.7. The van der Waals surface area contributed by atoms with Gasteiger partial charge in [-0.3, -0.25) is 14.4 Å². The van der Waals surface area contributed by atoms with Gasteiger partial charge in [-0.15, -0.1) is 0 Å². The second kappa shape index (κ2) is 10.5. The molecule has 1 fully saturated rings. The summed E-state index contributed by atoms with van der Waals surface area (Å²) < 4.78 is 10.5. The minimum absolute atomic E-state index is 0.00250. The van der Waals surface area contributed by atoms with Crippen molar-refractivity contribution in [3.63, 3.8) is 0 Å². The Balaban J connectivity index is 2.08. The Labute approximate surface area is 172 Å². The predicted molar refractivity (Wildman–Crippen MR) is 108 cm³/mol. The fraction of sp³-hybridized carbons (Fsp3) is 0.667. The number of carbonyl (C=O) groups excluding carboxylic acids is 3. The SMILES string of the molecule is CC(C)C(C)C[C@H](NC(=O)c1ccoc1)C(=O)NC1C(=O)COC1CCN(C)C. The predicted octanol–water partition coefficient (Wildman–Crippen LogP) is 1.46. The van der Waals surface area contributed by atoms with E-state index in [4.69, 9.17) is 9.15 Å². The standard InChI is InChI=1S/C21H33N3O5/c1-13(2)14(3)10-16(22-20(26)15-7-9-28-11-15)21(27)23-19-17(25)12-29-18(19)6-8-24(4)5/h7,9,11,13-14,16,18-19H,6,8,10,12H2,1-5H3,(H,22,26)(H,23,27)/t14?,16-,18?,19?/m0/s1. The molecule has 0 saturated carbocycles. The van der Waals surface area contributed by atoms with Crippen LogP contribution in [0.1, 0.15) is 44.0 Å². The van der Waals surface area contributed by atoms with Crippen molar-refractivity contribution in [1.29, 1.82) is 0 Å². The van der Waals surface area contributed by atoms with Gasteiger partial charge in [0.25, 0.3) is 5.91 Å². The van der Waals surface area contributed by atoms with E-state index < -0.39 is 12.1 Å². The molecule has 0 bridgehead atoms. The van der Waals surface area contributed by atoms with Crippen LogP contribution in [0.15, 0.2) is 23.0 Å². The minimum atomic E-state index is -0.752. The van der Waals surface area contributed by atoms with Crippen LogP contribution in [-0.4, -0.2) is 67.9 Å². The van der Waals surface area contributed by atoms with Gasteiger partial charge in [-0.25, -0.2) is 0 Å². The number of ether oxygens (including phenoxy) is 1. The number of nitrogens with zero attached hydrogens (tertiary/aromatic N) is 1. The molecule has 4 atom stereocenters. The molecule has 2 amide bonds. The maximum absolute atomic E-state index is 13.0. The molecule has 2 N–H and O–H groups in total. The molecule has 8 nitrogen and oxygen atoms in total. The van der Waals surface area contributed by atoms with Crippen LogP contribution in [0.3, 0.4) is 0 Å². The first-order valence-electron chi connectivity index (χ1n) is 10.1. The van der Waals surface area contributed by atoms with Crippen LogP contribution >= 0.6 is 0 Å². The van der Waals surface area contributed by atoms with Gasteiger partial charge in [-0.1, -0.05) is 20.8 Å². The van der Waals surface area contributed by atoms with E-state index in [1.165, 1.54) is 12.5 Å². The number of rotatable bonds is 10. The number of ketones is 1. The zero-order chi connectivity index (χ0) is 21.6. The molecule has 29 heavy (non-hydrogen) atoms. The van der Waals surface area contributed by atoms with E-state index in [9.17, 15) is 14.4 Å². The Kier molecular flexibility index (Phi) is 8.40. The Morgan fingerprint density at radius 1 is 1.28 bits per heavy atom. The molecule has 8 heteroatoms. The first-order valence-corrected chi connectivity index (χ1v) is 10.1. The summed E-state index contributed by atoms with van der Waals surface area (Å²) in [6.07, 6.45) is 3.49. The number of furan rings is 1. The molecule has 162 valence electrons. The lowest BCUT2D eigenvalue weighted by Gasteiger charge is -2.26. The fourth-order valence-corrected chi connectivity index (χ4v) is 3.16. The van der Waals surface area contributed by atoms with Crippen molar-refractivity contribution in [2.24, 2.45) is 11.8 Å². The van der Waals surface area contributed by atoms with E-state index in [0.29, 0.717) is 24.3 Å². The average Bonchev–Trinajstić information content (AvgIpc) is 3.30. The number of hydrogen-bond acceptors (Lipinski definition) is 6. The summed E-state index contributed by atoms with van der Waals surface area (Å²) in [6.45, 7) is 6.93. The topological polar surface area (TPSA) is 101 Å². The molecular formula is C21H33N3O5. The highest BCUT2D eigenvalue weighted by Gasteiger charge is 2.38. The lowest BCUT2D eigenvalue weighted by atomic mass is 9.90. The van der Waals surface area contributed by atoms with Crippen LogP contribution in [0.25, 0.3) is 0 Å². The third-order valence-corrected chi connectivity index (χ3v) is 5.47.